The Morgan fingerprint density at radius 1 is 1.16 bits per heavy atom. The Kier molecular flexibility index (Phi) is 6.29. The lowest BCUT2D eigenvalue weighted by Crippen LogP contribution is -2.37. The summed E-state index contributed by atoms with van der Waals surface area (Å²) in [5, 5.41) is 13.1. The minimum atomic E-state index is -0.662. The van der Waals surface area contributed by atoms with E-state index >= 15 is 0 Å². The SMILES string of the molecule is CCN(CC)CCN1C(=O)C(=O)/C(=C(\O)c2ccc3c(c2)OCCO3)C1c1cccs1. The van der Waals surface area contributed by atoms with Crippen molar-refractivity contribution in [1.82, 2.24) is 9.80 Å². The zero-order valence-corrected chi connectivity index (χ0v) is 18.5. The number of aliphatic hydroxyl groups is 1. The van der Waals surface area contributed by atoms with Crippen LogP contribution in [0.5, 0.6) is 11.5 Å². The highest BCUT2D eigenvalue weighted by Crippen LogP contribution is 2.42. The fraction of sp³-hybridized carbons (Fsp3) is 0.391. The van der Waals surface area contributed by atoms with Crippen LogP contribution < -0.4 is 9.47 Å². The van der Waals surface area contributed by atoms with Crippen molar-refractivity contribution in [3.05, 3.63) is 51.7 Å². The normalized spacial score (nSPS) is 20.0. The number of amides is 1. The molecule has 164 valence electrons. The first-order chi connectivity index (χ1) is 15.0. The van der Waals surface area contributed by atoms with Gasteiger partial charge in [0.15, 0.2) is 11.5 Å². The van der Waals surface area contributed by atoms with Crippen LogP contribution in [-0.4, -0.2) is 66.0 Å². The summed E-state index contributed by atoms with van der Waals surface area (Å²) in [6.45, 7) is 7.81. The number of rotatable bonds is 7. The summed E-state index contributed by atoms with van der Waals surface area (Å²) in [5.74, 6) is -0.329. The second-order valence-electron chi connectivity index (χ2n) is 7.39. The number of hydrogen-bond acceptors (Lipinski definition) is 7. The number of aliphatic hydroxyl groups excluding tert-OH is 1. The van der Waals surface area contributed by atoms with Gasteiger partial charge < -0.3 is 24.4 Å². The molecule has 0 radical (unpaired) electrons. The number of Topliss-reactive ketones (excluding diaryl/α,β-unsaturated/α-hetero) is 1. The molecule has 31 heavy (non-hydrogen) atoms. The van der Waals surface area contributed by atoms with Gasteiger partial charge in [-0.15, -0.1) is 11.3 Å². The fourth-order valence-electron chi connectivity index (χ4n) is 3.99. The molecule has 0 aliphatic carbocycles. The van der Waals surface area contributed by atoms with Crippen molar-refractivity contribution in [1.29, 1.82) is 0 Å². The van der Waals surface area contributed by atoms with E-state index in [0.717, 1.165) is 18.0 Å². The highest BCUT2D eigenvalue weighted by molar-refractivity contribution is 7.10. The van der Waals surface area contributed by atoms with E-state index in [1.807, 2.05) is 17.5 Å². The Morgan fingerprint density at radius 2 is 1.90 bits per heavy atom. The van der Waals surface area contributed by atoms with E-state index in [4.69, 9.17) is 9.47 Å². The monoisotopic (exact) mass is 442 g/mol. The molecule has 4 rings (SSSR count). The van der Waals surface area contributed by atoms with E-state index in [0.29, 0.717) is 43.4 Å². The lowest BCUT2D eigenvalue weighted by molar-refractivity contribution is -0.140. The van der Waals surface area contributed by atoms with Gasteiger partial charge in [0.05, 0.1) is 11.6 Å². The van der Waals surface area contributed by atoms with Gasteiger partial charge in [-0.3, -0.25) is 9.59 Å². The van der Waals surface area contributed by atoms with Crippen molar-refractivity contribution in [2.45, 2.75) is 19.9 Å². The highest BCUT2D eigenvalue weighted by Gasteiger charge is 2.46. The topological polar surface area (TPSA) is 79.3 Å². The van der Waals surface area contributed by atoms with Gasteiger partial charge in [0, 0.05) is 23.5 Å². The molecule has 1 amide bonds. The maximum Gasteiger partial charge on any atom is 0.295 e. The Morgan fingerprint density at radius 3 is 2.58 bits per heavy atom. The summed E-state index contributed by atoms with van der Waals surface area (Å²) in [4.78, 5) is 30.6. The highest BCUT2D eigenvalue weighted by atomic mass is 32.1. The van der Waals surface area contributed by atoms with Gasteiger partial charge in [-0.05, 0) is 42.7 Å². The van der Waals surface area contributed by atoms with Gasteiger partial charge in [-0.1, -0.05) is 19.9 Å². The molecule has 1 aromatic carbocycles. The number of ketones is 1. The van der Waals surface area contributed by atoms with Gasteiger partial charge in [-0.25, -0.2) is 0 Å². The van der Waals surface area contributed by atoms with Gasteiger partial charge in [-0.2, -0.15) is 0 Å². The first-order valence-electron chi connectivity index (χ1n) is 10.5. The van der Waals surface area contributed by atoms with Crippen LogP contribution in [0.4, 0.5) is 0 Å². The molecule has 1 atom stereocenters. The number of likely N-dealkylation sites (tertiary alicyclic amines) is 1. The summed E-state index contributed by atoms with van der Waals surface area (Å²) in [5.41, 5.74) is 0.538. The standard InChI is InChI=1S/C23H26N2O5S/c1-3-24(4-2)9-10-25-20(18-6-5-13-31-18)19(22(27)23(25)28)21(26)15-7-8-16-17(14-15)30-12-11-29-16/h5-8,13-14,20,26H,3-4,9-12H2,1-2H3/b21-19-. The zero-order valence-electron chi connectivity index (χ0n) is 17.7. The van der Waals surface area contributed by atoms with Crippen LogP contribution in [0.25, 0.3) is 5.76 Å². The second kappa shape index (κ2) is 9.11. The summed E-state index contributed by atoms with van der Waals surface area (Å²) in [6.07, 6.45) is 0. The number of fused-ring (bicyclic) bond motifs is 1. The number of benzene rings is 1. The molecule has 2 aromatic rings. The van der Waals surface area contributed by atoms with Crippen LogP contribution in [0.3, 0.4) is 0 Å². The van der Waals surface area contributed by atoms with E-state index in [1.165, 1.54) is 11.3 Å². The van der Waals surface area contributed by atoms with Crippen LogP contribution in [-0.2, 0) is 9.59 Å². The number of hydrogen-bond donors (Lipinski definition) is 1. The summed E-state index contributed by atoms with van der Waals surface area (Å²) >= 11 is 1.46. The smallest absolute Gasteiger partial charge is 0.295 e. The van der Waals surface area contributed by atoms with Crippen molar-refractivity contribution in [2.24, 2.45) is 0 Å². The number of ether oxygens (including phenoxy) is 2. The maximum atomic E-state index is 13.0. The molecule has 2 aliphatic heterocycles. The molecule has 0 spiro atoms. The minimum Gasteiger partial charge on any atom is -0.507 e. The molecule has 7 nitrogen and oxygen atoms in total. The van der Waals surface area contributed by atoms with Gasteiger partial charge in [0.2, 0.25) is 0 Å². The van der Waals surface area contributed by atoms with Crippen molar-refractivity contribution < 1.29 is 24.2 Å². The molecule has 1 saturated heterocycles. The fourth-order valence-corrected chi connectivity index (χ4v) is 4.83. The van der Waals surface area contributed by atoms with Crippen molar-refractivity contribution in [3.8, 4) is 11.5 Å². The predicted octanol–water partition coefficient (Wildman–Crippen LogP) is 3.28. The average Bonchev–Trinajstić information content (AvgIpc) is 3.41. The Bertz CT molecular complexity index is 997. The van der Waals surface area contributed by atoms with Crippen molar-refractivity contribution >= 4 is 28.8 Å². The molecule has 1 N–H and O–H groups in total. The number of carbonyl (C=O) groups excluding carboxylic acids is 2. The van der Waals surface area contributed by atoms with Gasteiger partial charge in [0.1, 0.15) is 19.0 Å². The molecule has 1 unspecified atom stereocenters. The van der Waals surface area contributed by atoms with E-state index < -0.39 is 17.7 Å². The van der Waals surface area contributed by atoms with Crippen LogP contribution in [0.15, 0.2) is 41.3 Å². The molecule has 8 heteroatoms. The van der Waals surface area contributed by atoms with Crippen LogP contribution in [0.2, 0.25) is 0 Å². The Labute approximate surface area is 185 Å². The van der Waals surface area contributed by atoms with Crippen LogP contribution in [0, 0.1) is 0 Å². The second-order valence-corrected chi connectivity index (χ2v) is 8.37. The molecule has 0 bridgehead atoms. The van der Waals surface area contributed by atoms with E-state index in [1.54, 1.807) is 23.1 Å². The van der Waals surface area contributed by atoms with E-state index in [-0.39, 0.29) is 11.3 Å². The first-order valence-corrected chi connectivity index (χ1v) is 11.4. The molecular weight excluding hydrogens is 416 g/mol. The third-order valence-electron chi connectivity index (χ3n) is 5.72. The first kappa shape index (κ1) is 21.4. The average molecular weight is 443 g/mol. The number of carbonyl (C=O) groups is 2. The van der Waals surface area contributed by atoms with Crippen LogP contribution in [0.1, 0.15) is 30.3 Å². The molecule has 0 saturated carbocycles. The van der Waals surface area contributed by atoms with E-state index in [9.17, 15) is 14.7 Å². The number of thiophene rings is 1. The molecular formula is C23H26N2O5S. The third-order valence-corrected chi connectivity index (χ3v) is 6.64. The molecule has 1 fully saturated rings. The van der Waals surface area contributed by atoms with Crippen molar-refractivity contribution in [2.75, 3.05) is 39.4 Å². The predicted molar refractivity (Wildman–Crippen MR) is 119 cm³/mol. The quantitative estimate of drug-likeness (QED) is 0.403. The minimum absolute atomic E-state index is 0.115. The Hall–Kier alpha value is -2.84. The number of likely N-dealkylation sites (N-methyl/N-ethyl adjacent to an activating group) is 1. The number of nitrogens with zero attached hydrogens (tertiary/aromatic N) is 2. The Balaban J connectivity index is 1.74. The summed E-state index contributed by atoms with van der Waals surface area (Å²) < 4.78 is 11.1. The van der Waals surface area contributed by atoms with Gasteiger partial charge >= 0.3 is 0 Å². The largest absolute Gasteiger partial charge is 0.507 e. The molecule has 1 aromatic heterocycles. The lowest BCUT2D eigenvalue weighted by Gasteiger charge is -2.27. The van der Waals surface area contributed by atoms with Gasteiger partial charge in [0.25, 0.3) is 11.7 Å². The zero-order chi connectivity index (χ0) is 22.0. The molecule has 2 aliphatic rings. The molecule has 3 heterocycles. The van der Waals surface area contributed by atoms with E-state index in [2.05, 4.69) is 18.7 Å². The summed E-state index contributed by atoms with van der Waals surface area (Å²) in [7, 11) is 0. The third kappa shape index (κ3) is 4.05. The lowest BCUT2D eigenvalue weighted by atomic mass is 9.99. The maximum absolute atomic E-state index is 13.0. The summed E-state index contributed by atoms with van der Waals surface area (Å²) in [6, 6.07) is 8.21. The van der Waals surface area contributed by atoms with Crippen molar-refractivity contribution in [3.63, 3.8) is 0 Å². The van der Waals surface area contributed by atoms with Crippen LogP contribution >= 0.6 is 11.3 Å².